The van der Waals surface area contributed by atoms with Crippen molar-refractivity contribution in [2.45, 2.75) is 0 Å². The summed E-state index contributed by atoms with van der Waals surface area (Å²) in [5.74, 6) is 2.05. The molecule has 0 radical (unpaired) electrons. The van der Waals surface area contributed by atoms with Crippen LogP contribution in [0.1, 0.15) is 15.9 Å². The van der Waals surface area contributed by atoms with Crippen molar-refractivity contribution < 1.29 is 23.7 Å². The molecule has 7 heteroatoms. The summed E-state index contributed by atoms with van der Waals surface area (Å²) in [5.41, 5.74) is 3.24. The van der Waals surface area contributed by atoms with Gasteiger partial charge in [0, 0.05) is 29.1 Å². The number of fused-ring (bicyclic) bond motifs is 5. The number of rotatable bonds is 7. The van der Waals surface area contributed by atoms with Crippen LogP contribution in [0.4, 0.5) is 0 Å². The second-order valence-electron chi connectivity index (χ2n) is 7.28. The fourth-order valence-corrected chi connectivity index (χ4v) is 3.67. The monoisotopic (exact) mass is 408 g/mol. The molecule has 0 bridgehead atoms. The van der Waals surface area contributed by atoms with E-state index >= 15 is 0 Å². The second-order valence-corrected chi connectivity index (χ2v) is 7.28. The third-order valence-corrected chi connectivity index (χ3v) is 5.20. The van der Waals surface area contributed by atoms with Gasteiger partial charge in [0.15, 0.2) is 17.3 Å². The Labute approximate surface area is 175 Å². The molecule has 3 aromatic rings. The number of carbonyl (C=O) groups excluding carboxylic acids is 1. The fourth-order valence-electron chi connectivity index (χ4n) is 3.67. The molecule has 2 aromatic carbocycles. The van der Waals surface area contributed by atoms with Gasteiger partial charge in [-0.25, -0.2) is 4.98 Å². The van der Waals surface area contributed by atoms with E-state index in [1.807, 2.05) is 31.1 Å². The van der Waals surface area contributed by atoms with Crippen LogP contribution in [0.3, 0.4) is 0 Å². The maximum atomic E-state index is 13.4. The Morgan fingerprint density at radius 2 is 1.63 bits per heavy atom. The van der Waals surface area contributed by atoms with E-state index in [1.54, 1.807) is 39.5 Å². The van der Waals surface area contributed by atoms with Gasteiger partial charge in [0.05, 0.1) is 32.4 Å². The van der Waals surface area contributed by atoms with E-state index in [0.29, 0.717) is 57.3 Å². The van der Waals surface area contributed by atoms with E-state index in [-0.39, 0.29) is 5.78 Å². The first-order valence-corrected chi connectivity index (χ1v) is 9.58. The number of hydrogen-bond donors (Lipinski definition) is 0. The summed E-state index contributed by atoms with van der Waals surface area (Å²) in [7, 11) is 8.67. The zero-order valence-corrected chi connectivity index (χ0v) is 17.7. The number of nitrogens with zero attached hydrogens (tertiary/aromatic N) is 2. The minimum absolute atomic E-state index is 0.0871. The predicted molar refractivity (Wildman–Crippen MR) is 114 cm³/mol. The lowest BCUT2D eigenvalue weighted by Crippen LogP contribution is -2.20. The number of benzene rings is 2. The highest BCUT2D eigenvalue weighted by Crippen LogP contribution is 2.47. The molecular formula is C23H24N2O5. The number of ketones is 1. The summed E-state index contributed by atoms with van der Waals surface area (Å²) in [4.78, 5) is 20.2. The number of aromatic nitrogens is 1. The molecule has 30 heavy (non-hydrogen) atoms. The molecule has 4 rings (SSSR count). The smallest absolute Gasteiger partial charge is 0.222 e. The van der Waals surface area contributed by atoms with Crippen molar-refractivity contribution in [1.29, 1.82) is 0 Å². The Morgan fingerprint density at radius 1 is 0.900 bits per heavy atom. The summed E-state index contributed by atoms with van der Waals surface area (Å²) in [6, 6.07) is 9.04. The van der Waals surface area contributed by atoms with E-state index in [4.69, 9.17) is 23.9 Å². The van der Waals surface area contributed by atoms with Crippen molar-refractivity contribution in [1.82, 2.24) is 9.88 Å². The second kappa shape index (κ2) is 7.84. The van der Waals surface area contributed by atoms with Crippen molar-refractivity contribution in [3.05, 3.63) is 41.5 Å². The van der Waals surface area contributed by atoms with Crippen LogP contribution in [0, 0.1) is 0 Å². The molecule has 7 nitrogen and oxygen atoms in total. The number of hydrogen-bond acceptors (Lipinski definition) is 7. The minimum Gasteiger partial charge on any atom is -0.497 e. The van der Waals surface area contributed by atoms with Crippen LogP contribution in [0.15, 0.2) is 30.3 Å². The standard InChI is InChI=1S/C23H24N2O5/c1-25(2)8-9-30-23-21-14-7-6-13(27-3)10-15(14)22(26)20(21)16-11-18(28-4)19(29-5)12-17(16)24-23/h6-7,10-12H,8-9H2,1-5H3. The van der Waals surface area contributed by atoms with Gasteiger partial charge in [-0.3, -0.25) is 4.79 Å². The van der Waals surface area contributed by atoms with Crippen LogP contribution in [-0.2, 0) is 0 Å². The quantitative estimate of drug-likeness (QED) is 0.464. The largest absolute Gasteiger partial charge is 0.497 e. The van der Waals surface area contributed by atoms with Gasteiger partial charge in [-0.1, -0.05) is 0 Å². The summed E-state index contributed by atoms with van der Waals surface area (Å²) in [5, 5.41) is 0.697. The predicted octanol–water partition coefficient (Wildman–Crippen LogP) is 3.41. The average molecular weight is 408 g/mol. The van der Waals surface area contributed by atoms with Crippen molar-refractivity contribution >= 4 is 16.7 Å². The molecule has 1 aliphatic carbocycles. The topological polar surface area (TPSA) is 70.1 Å². The summed E-state index contributed by atoms with van der Waals surface area (Å²) in [6.45, 7) is 1.18. The summed E-state index contributed by atoms with van der Waals surface area (Å²) < 4.78 is 22.2. The molecule has 0 saturated carbocycles. The first-order chi connectivity index (χ1) is 14.5. The van der Waals surface area contributed by atoms with Gasteiger partial charge in [0.2, 0.25) is 5.88 Å². The summed E-state index contributed by atoms with van der Waals surface area (Å²) in [6.07, 6.45) is 0. The Morgan fingerprint density at radius 3 is 2.30 bits per heavy atom. The van der Waals surface area contributed by atoms with E-state index in [2.05, 4.69) is 0 Å². The molecule has 1 aliphatic rings. The zero-order chi connectivity index (χ0) is 21.4. The number of likely N-dealkylation sites (N-methyl/N-ethyl adjacent to an activating group) is 1. The minimum atomic E-state index is -0.0871. The van der Waals surface area contributed by atoms with Crippen LogP contribution in [0.25, 0.3) is 22.0 Å². The van der Waals surface area contributed by atoms with E-state index in [9.17, 15) is 4.79 Å². The molecule has 0 atom stereocenters. The van der Waals surface area contributed by atoms with E-state index < -0.39 is 0 Å². The molecule has 0 N–H and O–H groups in total. The zero-order valence-electron chi connectivity index (χ0n) is 17.7. The lowest BCUT2D eigenvalue weighted by Gasteiger charge is -2.16. The van der Waals surface area contributed by atoms with Crippen LogP contribution in [0.2, 0.25) is 0 Å². The van der Waals surface area contributed by atoms with Crippen LogP contribution >= 0.6 is 0 Å². The first kappa shape index (κ1) is 20.0. The van der Waals surface area contributed by atoms with Gasteiger partial charge < -0.3 is 23.8 Å². The Balaban J connectivity index is 1.97. The van der Waals surface area contributed by atoms with Gasteiger partial charge in [-0.05, 0) is 43.9 Å². The lowest BCUT2D eigenvalue weighted by atomic mass is 10.0. The molecule has 156 valence electrons. The molecule has 1 heterocycles. The number of ether oxygens (including phenoxy) is 4. The SMILES string of the molecule is COc1ccc2c(c1)C(=O)c1c-2c(OCCN(C)C)nc2cc(OC)c(OC)cc12. The molecular weight excluding hydrogens is 384 g/mol. The number of pyridine rings is 1. The third kappa shape index (κ3) is 3.21. The van der Waals surface area contributed by atoms with Gasteiger partial charge >= 0.3 is 0 Å². The number of methoxy groups -OCH3 is 3. The Bertz CT molecular complexity index is 1140. The Hall–Kier alpha value is -3.32. The molecule has 0 saturated heterocycles. The van der Waals surface area contributed by atoms with Crippen LogP contribution in [-0.4, -0.2) is 64.2 Å². The van der Waals surface area contributed by atoms with Crippen LogP contribution < -0.4 is 18.9 Å². The van der Waals surface area contributed by atoms with Crippen molar-refractivity contribution in [3.8, 4) is 34.3 Å². The van der Waals surface area contributed by atoms with E-state index in [1.165, 1.54) is 0 Å². The lowest BCUT2D eigenvalue weighted by molar-refractivity contribution is 0.104. The summed E-state index contributed by atoms with van der Waals surface area (Å²) >= 11 is 0. The van der Waals surface area contributed by atoms with Gasteiger partial charge in [-0.2, -0.15) is 0 Å². The maximum Gasteiger partial charge on any atom is 0.222 e. The van der Waals surface area contributed by atoms with Crippen molar-refractivity contribution in [3.63, 3.8) is 0 Å². The molecule has 0 fully saturated rings. The molecule has 0 amide bonds. The van der Waals surface area contributed by atoms with Crippen LogP contribution in [0.5, 0.6) is 23.1 Å². The van der Waals surface area contributed by atoms with Gasteiger partial charge in [0.25, 0.3) is 0 Å². The van der Waals surface area contributed by atoms with Gasteiger partial charge in [0.1, 0.15) is 12.4 Å². The van der Waals surface area contributed by atoms with Crippen molar-refractivity contribution in [2.75, 3.05) is 48.6 Å². The third-order valence-electron chi connectivity index (χ3n) is 5.20. The average Bonchev–Trinajstić information content (AvgIpc) is 3.05. The first-order valence-electron chi connectivity index (χ1n) is 9.58. The molecule has 0 spiro atoms. The molecule has 0 unspecified atom stereocenters. The Kier molecular flexibility index (Phi) is 5.22. The number of carbonyl (C=O) groups is 1. The van der Waals surface area contributed by atoms with Gasteiger partial charge in [-0.15, -0.1) is 0 Å². The highest BCUT2D eigenvalue weighted by atomic mass is 16.5. The molecule has 0 aliphatic heterocycles. The van der Waals surface area contributed by atoms with E-state index in [0.717, 1.165) is 12.1 Å². The maximum absolute atomic E-state index is 13.4. The molecule has 1 aromatic heterocycles. The van der Waals surface area contributed by atoms with Crippen molar-refractivity contribution in [2.24, 2.45) is 0 Å². The highest BCUT2D eigenvalue weighted by Gasteiger charge is 2.34. The highest BCUT2D eigenvalue weighted by molar-refractivity contribution is 6.28. The fraction of sp³-hybridized carbons (Fsp3) is 0.304. The normalized spacial score (nSPS) is 12.1.